The van der Waals surface area contributed by atoms with Crippen LogP contribution in [0.1, 0.15) is 45.1 Å². The first-order valence-electron chi connectivity index (χ1n) is 8.34. The summed E-state index contributed by atoms with van der Waals surface area (Å²) >= 11 is 0. The van der Waals surface area contributed by atoms with Gasteiger partial charge in [0, 0.05) is 11.7 Å². The third kappa shape index (κ3) is 5.79. The molecular formula is C18H30ClN3O. The number of nitrogens with one attached hydrogen (secondary N) is 1. The van der Waals surface area contributed by atoms with E-state index < -0.39 is 0 Å². The number of piperidine rings is 1. The molecule has 23 heavy (non-hydrogen) atoms. The van der Waals surface area contributed by atoms with Gasteiger partial charge in [0.25, 0.3) is 0 Å². The molecule has 1 unspecified atom stereocenters. The fourth-order valence-electron chi connectivity index (χ4n) is 3.14. The van der Waals surface area contributed by atoms with Crippen molar-refractivity contribution in [1.82, 2.24) is 4.90 Å². The van der Waals surface area contributed by atoms with Crippen molar-refractivity contribution in [2.24, 2.45) is 11.7 Å². The van der Waals surface area contributed by atoms with Crippen LogP contribution in [0, 0.1) is 5.92 Å². The van der Waals surface area contributed by atoms with Gasteiger partial charge in [-0.15, -0.1) is 12.4 Å². The van der Waals surface area contributed by atoms with E-state index in [1.54, 1.807) is 0 Å². The van der Waals surface area contributed by atoms with E-state index in [0.717, 1.165) is 31.6 Å². The van der Waals surface area contributed by atoms with E-state index in [-0.39, 0.29) is 24.4 Å². The summed E-state index contributed by atoms with van der Waals surface area (Å²) in [6.45, 7) is 8.76. The molecule has 1 heterocycles. The summed E-state index contributed by atoms with van der Waals surface area (Å²) in [5, 5.41) is 3.07. The highest BCUT2D eigenvalue weighted by Crippen LogP contribution is 2.24. The Labute approximate surface area is 146 Å². The van der Waals surface area contributed by atoms with Gasteiger partial charge in [-0.3, -0.25) is 9.69 Å². The van der Waals surface area contributed by atoms with E-state index in [9.17, 15) is 4.79 Å². The van der Waals surface area contributed by atoms with Gasteiger partial charge in [-0.05, 0) is 56.3 Å². The summed E-state index contributed by atoms with van der Waals surface area (Å²) in [5.41, 5.74) is 8.09. The number of carbonyl (C=O) groups is 1. The van der Waals surface area contributed by atoms with Crippen molar-refractivity contribution in [2.45, 2.75) is 45.6 Å². The Balaban J connectivity index is 0.00000264. The van der Waals surface area contributed by atoms with E-state index in [4.69, 9.17) is 5.73 Å². The number of anilines is 1. The zero-order valence-electron chi connectivity index (χ0n) is 14.4. The minimum absolute atomic E-state index is 0. The number of likely N-dealkylation sites (tertiary alicyclic amines) is 1. The number of nitrogens with zero attached hydrogens (tertiary/aromatic N) is 1. The number of halogens is 1. The third-order valence-electron chi connectivity index (χ3n) is 4.60. The molecule has 1 saturated heterocycles. The lowest BCUT2D eigenvalue weighted by Gasteiger charge is -2.33. The fraction of sp³-hybridized carbons (Fsp3) is 0.611. The fourth-order valence-corrected chi connectivity index (χ4v) is 3.14. The standard InChI is InChI=1S/C18H29N3O.ClH/c1-13(2)16-6-4-5-7-17(16)20-18(22)12-21-10-8-15(9-11-21)14(3)19;/h4-7,13-15H,8-12,19H2,1-3H3,(H,20,22);1H. The molecule has 0 saturated carbocycles. The first-order valence-corrected chi connectivity index (χ1v) is 8.34. The first kappa shape index (κ1) is 19.9. The summed E-state index contributed by atoms with van der Waals surface area (Å²) in [6, 6.07) is 8.30. The van der Waals surface area contributed by atoms with Crippen LogP contribution >= 0.6 is 12.4 Å². The number of rotatable bonds is 5. The van der Waals surface area contributed by atoms with Crippen molar-refractivity contribution in [2.75, 3.05) is 25.0 Å². The van der Waals surface area contributed by atoms with Gasteiger partial charge < -0.3 is 11.1 Å². The minimum atomic E-state index is 0. The Morgan fingerprint density at radius 1 is 1.26 bits per heavy atom. The van der Waals surface area contributed by atoms with Crippen LogP contribution in [0.3, 0.4) is 0 Å². The van der Waals surface area contributed by atoms with Gasteiger partial charge in [0.2, 0.25) is 5.91 Å². The van der Waals surface area contributed by atoms with Crippen LogP contribution in [0.5, 0.6) is 0 Å². The molecule has 130 valence electrons. The van der Waals surface area contributed by atoms with Gasteiger partial charge in [-0.1, -0.05) is 32.0 Å². The summed E-state index contributed by atoms with van der Waals surface area (Å²) in [6.07, 6.45) is 2.18. The number of nitrogens with two attached hydrogens (primary N) is 1. The molecule has 3 N–H and O–H groups in total. The molecule has 1 atom stereocenters. The molecule has 0 aliphatic carbocycles. The molecule has 1 fully saturated rings. The van der Waals surface area contributed by atoms with Crippen molar-refractivity contribution in [3.8, 4) is 0 Å². The number of amides is 1. The summed E-state index contributed by atoms with van der Waals surface area (Å²) in [4.78, 5) is 14.5. The average molecular weight is 340 g/mol. The molecule has 1 aromatic rings. The number of carbonyl (C=O) groups excluding carboxylic acids is 1. The van der Waals surface area contributed by atoms with Gasteiger partial charge in [0.15, 0.2) is 0 Å². The minimum Gasteiger partial charge on any atom is -0.328 e. The predicted octanol–water partition coefficient (Wildman–Crippen LogP) is 3.23. The van der Waals surface area contributed by atoms with Gasteiger partial charge in [-0.2, -0.15) is 0 Å². The van der Waals surface area contributed by atoms with Crippen LogP contribution in [-0.4, -0.2) is 36.5 Å². The van der Waals surface area contributed by atoms with E-state index in [2.05, 4.69) is 37.1 Å². The first-order chi connectivity index (χ1) is 10.5. The number of para-hydroxylation sites is 1. The number of hydrogen-bond acceptors (Lipinski definition) is 3. The van der Waals surface area contributed by atoms with Crippen molar-refractivity contribution in [1.29, 1.82) is 0 Å². The molecule has 4 nitrogen and oxygen atoms in total. The molecular weight excluding hydrogens is 310 g/mol. The summed E-state index contributed by atoms with van der Waals surface area (Å²) < 4.78 is 0. The second kappa shape index (κ2) is 9.26. The van der Waals surface area contributed by atoms with E-state index >= 15 is 0 Å². The molecule has 1 aromatic carbocycles. The lowest BCUT2D eigenvalue weighted by atomic mass is 9.91. The molecule has 5 heteroatoms. The Morgan fingerprint density at radius 3 is 2.43 bits per heavy atom. The van der Waals surface area contributed by atoms with Gasteiger partial charge >= 0.3 is 0 Å². The van der Waals surface area contributed by atoms with Crippen LogP contribution in [0.15, 0.2) is 24.3 Å². The Hall–Kier alpha value is -1.10. The highest BCUT2D eigenvalue weighted by Gasteiger charge is 2.23. The highest BCUT2D eigenvalue weighted by molar-refractivity contribution is 5.93. The smallest absolute Gasteiger partial charge is 0.238 e. The maximum absolute atomic E-state index is 12.3. The number of benzene rings is 1. The van der Waals surface area contributed by atoms with Crippen molar-refractivity contribution >= 4 is 24.0 Å². The van der Waals surface area contributed by atoms with E-state index in [1.807, 2.05) is 18.2 Å². The van der Waals surface area contributed by atoms with Crippen molar-refractivity contribution < 1.29 is 4.79 Å². The Morgan fingerprint density at radius 2 is 1.87 bits per heavy atom. The lowest BCUT2D eigenvalue weighted by Crippen LogP contribution is -2.42. The van der Waals surface area contributed by atoms with Gasteiger partial charge in [-0.25, -0.2) is 0 Å². The molecule has 2 rings (SSSR count). The monoisotopic (exact) mass is 339 g/mol. The second-order valence-electron chi connectivity index (χ2n) is 6.76. The normalized spacial score (nSPS) is 17.6. The second-order valence-corrected chi connectivity index (χ2v) is 6.76. The van der Waals surface area contributed by atoms with Crippen molar-refractivity contribution in [3.05, 3.63) is 29.8 Å². The van der Waals surface area contributed by atoms with Crippen molar-refractivity contribution in [3.63, 3.8) is 0 Å². The highest BCUT2D eigenvalue weighted by atomic mass is 35.5. The molecule has 1 aliphatic heterocycles. The molecule has 0 aromatic heterocycles. The largest absolute Gasteiger partial charge is 0.328 e. The molecule has 0 spiro atoms. The Kier molecular flexibility index (Phi) is 8.03. The van der Waals surface area contributed by atoms with Gasteiger partial charge in [0.05, 0.1) is 6.54 Å². The average Bonchev–Trinajstić information content (AvgIpc) is 2.48. The zero-order valence-corrected chi connectivity index (χ0v) is 15.2. The van der Waals surface area contributed by atoms with Crippen LogP contribution < -0.4 is 11.1 Å². The summed E-state index contributed by atoms with van der Waals surface area (Å²) in [7, 11) is 0. The van der Waals surface area contributed by atoms with Crippen LogP contribution in [-0.2, 0) is 4.79 Å². The maximum atomic E-state index is 12.3. The van der Waals surface area contributed by atoms with E-state index in [1.165, 1.54) is 5.56 Å². The molecule has 1 amide bonds. The SMILES string of the molecule is CC(C)c1ccccc1NC(=O)CN1CCC(C(C)N)CC1.Cl. The van der Waals surface area contributed by atoms with Gasteiger partial charge in [0.1, 0.15) is 0 Å². The topological polar surface area (TPSA) is 58.4 Å². The predicted molar refractivity (Wildman–Crippen MR) is 99.2 cm³/mol. The number of hydrogen-bond donors (Lipinski definition) is 2. The third-order valence-corrected chi connectivity index (χ3v) is 4.60. The van der Waals surface area contributed by atoms with Crippen LogP contribution in [0.4, 0.5) is 5.69 Å². The maximum Gasteiger partial charge on any atom is 0.238 e. The zero-order chi connectivity index (χ0) is 16.1. The Bertz CT molecular complexity index is 497. The molecule has 0 radical (unpaired) electrons. The van der Waals surface area contributed by atoms with Crippen LogP contribution in [0.25, 0.3) is 0 Å². The quantitative estimate of drug-likeness (QED) is 0.865. The van der Waals surface area contributed by atoms with Crippen LogP contribution in [0.2, 0.25) is 0 Å². The molecule has 1 aliphatic rings. The summed E-state index contributed by atoms with van der Waals surface area (Å²) in [5.74, 6) is 1.08. The molecule has 0 bridgehead atoms. The van der Waals surface area contributed by atoms with E-state index in [0.29, 0.717) is 18.4 Å². The lowest BCUT2D eigenvalue weighted by molar-refractivity contribution is -0.117.